The first-order valence-electron chi connectivity index (χ1n) is 10.00. The van der Waals surface area contributed by atoms with E-state index in [0.29, 0.717) is 17.0 Å². The van der Waals surface area contributed by atoms with Gasteiger partial charge in [0.15, 0.2) is 0 Å². The van der Waals surface area contributed by atoms with E-state index < -0.39 is 11.6 Å². The van der Waals surface area contributed by atoms with E-state index in [1.807, 2.05) is 48.5 Å². The highest BCUT2D eigenvalue weighted by Crippen LogP contribution is 2.43. The van der Waals surface area contributed by atoms with Crippen molar-refractivity contribution in [1.82, 2.24) is 9.13 Å². The van der Waals surface area contributed by atoms with E-state index in [4.69, 9.17) is 0 Å². The molecule has 2 aliphatic rings. The first-order valence-corrected chi connectivity index (χ1v) is 10.00. The molecule has 30 heavy (non-hydrogen) atoms. The minimum Gasteiger partial charge on any atom is -0.507 e. The number of hydrogen-bond acceptors (Lipinski definition) is 3. The Morgan fingerprint density at radius 2 is 1.63 bits per heavy atom. The predicted molar refractivity (Wildman–Crippen MR) is 115 cm³/mol. The van der Waals surface area contributed by atoms with Crippen molar-refractivity contribution in [2.45, 2.75) is 19.3 Å². The number of aromatic nitrogens is 2. The molecule has 0 saturated heterocycles. The number of benzene rings is 2. The SMILES string of the molecule is CCc1ccc(C2C3=C(O)c4ccccc4C3=[NH+]c3c2c(=O)n(C)c(=O)n3C)cc1. The molecule has 0 radical (unpaired) electrons. The van der Waals surface area contributed by atoms with Gasteiger partial charge in [-0.2, -0.15) is 4.57 Å². The van der Waals surface area contributed by atoms with Crippen LogP contribution in [0.3, 0.4) is 0 Å². The van der Waals surface area contributed by atoms with E-state index in [0.717, 1.165) is 33.4 Å². The van der Waals surface area contributed by atoms with Gasteiger partial charge in [-0.3, -0.25) is 4.79 Å². The Morgan fingerprint density at radius 1 is 0.967 bits per heavy atom. The van der Waals surface area contributed by atoms with Crippen LogP contribution in [0.5, 0.6) is 0 Å². The van der Waals surface area contributed by atoms with Crippen molar-refractivity contribution in [1.29, 1.82) is 0 Å². The molecule has 0 amide bonds. The highest BCUT2D eigenvalue weighted by Gasteiger charge is 2.44. The molecule has 0 saturated carbocycles. The number of fused-ring (bicyclic) bond motifs is 4. The van der Waals surface area contributed by atoms with Gasteiger partial charge in [0.2, 0.25) is 0 Å². The van der Waals surface area contributed by atoms with Crippen molar-refractivity contribution in [3.05, 3.63) is 103 Å². The summed E-state index contributed by atoms with van der Waals surface area (Å²) in [5, 5.41) is 11.2. The summed E-state index contributed by atoms with van der Waals surface area (Å²) in [5.41, 5.74) is 4.79. The zero-order valence-corrected chi connectivity index (χ0v) is 17.1. The number of rotatable bonds is 2. The van der Waals surface area contributed by atoms with Gasteiger partial charge in [-0.1, -0.05) is 49.4 Å². The van der Waals surface area contributed by atoms with Crippen LogP contribution >= 0.6 is 0 Å². The van der Waals surface area contributed by atoms with E-state index in [1.54, 1.807) is 7.05 Å². The molecule has 1 aliphatic heterocycles. The largest absolute Gasteiger partial charge is 0.507 e. The first kappa shape index (κ1) is 18.4. The quantitative estimate of drug-likeness (QED) is 0.680. The standard InChI is InChI=1S/C24H21N3O3/c1-4-13-9-11-14(12-10-13)17-18-20(15-7-5-6-8-16(15)21(18)28)25-22-19(17)23(29)27(3)24(30)26(22)2/h5-12,17,28H,4H2,1-3H3/p+1. The smallest absolute Gasteiger partial charge is 0.417 e. The minimum absolute atomic E-state index is 0.166. The van der Waals surface area contributed by atoms with Crippen molar-refractivity contribution in [2.75, 3.05) is 0 Å². The molecule has 2 N–H and O–H groups in total. The van der Waals surface area contributed by atoms with Gasteiger partial charge >= 0.3 is 5.69 Å². The van der Waals surface area contributed by atoms with E-state index in [-0.39, 0.29) is 11.3 Å². The molecule has 1 unspecified atom stereocenters. The molecule has 1 aliphatic carbocycles. The highest BCUT2D eigenvalue weighted by molar-refractivity contribution is 6.21. The molecule has 1 aromatic heterocycles. The second kappa shape index (κ2) is 6.42. The molecule has 6 nitrogen and oxygen atoms in total. The van der Waals surface area contributed by atoms with Crippen LogP contribution in [0, 0.1) is 0 Å². The fourth-order valence-electron chi connectivity index (χ4n) is 4.56. The van der Waals surface area contributed by atoms with Gasteiger partial charge in [0, 0.05) is 18.2 Å². The molecule has 150 valence electrons. The number of hydrogen-bond donors (Lipinski definition) is 2. The second-order valence-electron chi connectivity index (χ2n) is 7.80. The number of nitrogens with one attached hydrogen (secondary N) is 1. The van der Waals surface area contributed by atoms with Crippen LogP contribution < -0.4 is 16.2 Å². The fraction of sp³-hybridized carbons (Fsp3) is 0.208. The summed E-state index contributed by atoms with van der Waals surface area (Å²) in [6, 6.07) is 15.7. The van der Waals surface area contributed by atoms with Gasteiger partial charge in [-0.25, -0.2) is 14.4 Å². The van der Waals surface area contributed by atoms with Crippen LogP contribution in [0.2, 0.25) is 0 Å². The molecule has 1 atom stereocenters. The summed E-state index contributed by atoms with van der Waals surface area (Å²) >= 11 is 0. The van der Waals surface area contributed by atoms with Gasteiger partial charge in [0.25, 0.3) is 11.4 Å². The van der Waals surface area contributed by atoms with Crippen molar-refractivity contribution in [2.24, 2.45) is 14.1 Å². The zero-order valence-electron chi connectivity index (χ0n) is 17.1. The maximum Gasteiger partial charge on any atom is 0.417 e. The molecule has 0 spiro atoms. The molecule has 5 rings (SSSR count). The van der Waals surface area contributed by atoms with E-state index in [2.05, 4.69) is 11.9 Å². The van der Waals surface area contributed by atoms with Crippen LogP contribution in [0.25, 0.3) is 5.76 Å². The lowest BCUT2D eigenvalue weighted by Gasteiger charge is -2.24. The molecule has 6 heteroatoms. The number of aliphatic hydroxyl groups is 1. The lowest BCUT2D eigenvalue weighted by molar-refractivity contribution is -0.364. The summed E-state index contributed by atoms with van der Waals surface area (Å²) in [5.74, 6) is 0.148. The minimum atomic E-state index is -0.486. The van der Waals surface area contributed by atoms with E-state index in [1.165, 1.54) is 17.2 Å². The maximum atomic E-state index is 13.3. The topological polar surface area (TPSA) is 78.2 Å². The Labute approximate surface area is 173 Å². The van der Waals surface area contributed by atoms with Gasteiger partial charge in [0.05, 0.1) is 18.5 Å². The van der Waals surface area contributed by atoms with Crippen LogP contribution in [0.1, 0.15) is 40.7 Å². The normalized spacial score (nSPS) is 16.8. The Bertz CT molecular complexity index is 1390. The van der Waals surface area contributed by atoms with Crippen molar-refractivity contribution < 1.29 is 10.1 Å². The molecular formula is C24H22N3O3+. The van der Waals surface area contributed by atoms with Crippen LogP contribution in [0.15, 0.2) is 63.7 Å². The van der Waals surface area contributed by atoms with Gasteiger partial charge < -0.3 is 5.11 Å². The molecule has 0 fully saturated rings. The number of allylic oxidation sites excluding steroid dienone is 1. The van der Waals surface area contributed by atoms with Gasteiger partial charge in [-0.05, 0) is 23.6 Å². The third-order valence-corrected chi connectivity index (χ3v) is 6.22. The summed E-state index contributed by atoms with van der Waals surface area (Å²) in [4.78, 5) is 29.2. The average molecular weight is 400 g/mol. The van der Waals surface area contributed by atoms with Crippen molar-refractivity contribution >= 4 is 17.3 Å². The van der Waals surface area contributed by atoms with E-state index in [9.17, 15) is 14.7 Å². The lowest BCUT2D eigenvalue weighted by atomic mass is 9.81. The monoisotopic (exact) mass is 400 g/mol. The Morgan fingerprint density at radius 3 is 2.30 bits per heavy atom. The third kappa shape index (κ3) is 2.33. The number of aryl methyl sites for hydroxylation is 1. The first-order chi connectivity index (χ1) is 14.4. The van der Waals surface area contributed by atoms with Crippen molar-refractivity contribution in [3.8, 4) is 0 Å². The third-order valence-electron chi connectivity index (χ3n) is 6.22. The molecule has 3 aromatic rings. The summed E-state index contributed by atoms with van der Waals surface area (Å²) in [7, 11) is 3.14. The Balaban J connectivity index is 1.90. The number of aliphatic hydroxyl groups excluding tert-OH is 1. The fourth-order valence-corrected chi connectivity index (χ4v) is 4.56. The summed E-state index contributed by atoms with van der Waals surface area (Å²) < 4.78 is 2.59. The molecule has 2 aromatic carbocycles. The Hall–Kier alpha value is -3.67. The van der Waals surface area contributed by atoms with Crippen LogP contribution in [-0.4, -0.2) is 20.0 Å². The Kier molecular flexibility index (Phi) is 3.93. The molecule has 2 heterocycles. The molecule has 0 bridgehead atoms. The van der Waals surface area contributed by atoms with Gasteiger partial charge in [-0.15, -0.1) is 0 Å². The second-order valence-corrected chi connectivity index (χ2v) is 7.80. The van der Waals surface area contributed by atoms with Gasteiger partial charge in [0.1, 0.15) is 17.0 Å². The predicted octanol–water partition coefficient (Wildman–Crippen LogP) is 1.28. The molecular weight excluding hydrogens is 378 g/mol. The maximum absolute atomic E-state index is 13.3. The highest BCUT2D eigenvalue weighted by atomic mass is 16.3. The lowest BCUT2D eigenvalue weighted by Crippen LogP contribution is -2.73. The zero-order chi connectivity index (χ0) is 21.2. The average Bonchev–Trinajstić information content (AvgIpc) is 3.07. The summed E-state index contributed by atoms with van der Waals surface area (Å²) in [6.07, 6.45) is 0.913. The summed E-state index contributed by atoms with van der Waals surface area (Å²) in [6.45, 7) is 2.09. The van der Waals surface area contributed by atoms with E-state index >= 15 is 0 Å². The number of nitrogens with zero attached hydrogens (tertiary/aromatic N) is 2. The van der Waals surface area contributed by atoms with Crippen LogP contribution in [-0.2, 0) is 20.5 Å². The van der Waals surface area contributed by atoms with Crippen molar-refractivity contribution in [3.63, 3.8) is 0 Å². The van der Waals surface area contributed by atoms with Crippen LogP contribution in [0.4, 0.5) is 5.82 Å².